The molecule has 2 atom stereocenters. The lowest BCUT2D eigenvalue weighted by Crippen LogP contribution is -2.59. The molecule has 1 aromatic heterocycles. The molecule has 0 N–H and O–H groups in total. The van der Waals surface area contributed by atoms with Crippen molar-refractivity contribution in [3.05, 3.63) is 94.9 Å². The molecular weight excluding hydrogens is 536 g/mol. The molecule has 41 heavy (non-hydrogen) atoms. The van der Waals surface area contributed by atoms with Crippen molar-refractivity contribution in [2.24, 2.45) is 0 Å². The first-order valence-electron chi connectivity index (χ1n) is 13.9. The van der Waals surface area contributed by atoms with Gasteiger partial charge in [-0.3, -0.25) is 0 Å². The van der Waals surface area contributed by atoms with Crippen molar-refractivity contribution in [2.75, 3.05) is 29.4 Å². The molecule has 0 spiro atoms. The Balaban J connectivity index is 1.24. The number of carbonyl (C=O) groups is 1. The van der Waals surface area contributed by atoms with Gasteiger partial charge >= 0.3 is 6.09 Å². The zero-order chi connectivity index (χ0) is 28.3. The predicted molar refractivity (Wildman–Crippen MR) is 160 cm³/mol. The number of rotatable bonds is 5. The van der Waals surface area contributed by atoms with Gasteiger partial charge in [-0.25, -0.2) is 14.8 Å². The van der Waals surface area contributed by atoms with Crippen LogP contribution in [0.4, 0.5) is 16.3 Å². The molecule has 208 valence electrons. The van der Waals surface area contributed by atoms with E-state index >= 15 is 0 Å². The van der Waals surface area contributed by atoms with Gasteiger partial charge < -0.3 is 19.4 Å². The van der Waals surface area contributed by atoms with Crippen LogP contribution in [0.15, 0.2) is 72.8 Å². The molecule has 1 saturated heterocycles. The number of anilines is 2. The van der Waals surface area contributed by atoms with Crippen molar-refractivity contribution in [1.82, 2.24) is 14.9 Å². The summed E-state index contributed by atoms with van der Waals surface area (Å²) in [4.78, 5) is 28.7. The molecule has 4 aromatic rings. The Morgan fingerprint density at radius 2 is 1.83 bits per heavy atom. The largest absolute Gasteiger partial charge is 0.445 e. The van der Waals surface area contributed by atoms with Crippen LogP contribution in [0, 0.1) is 11.3 Å². The average Bonchev–Trinajstić information content (AvgIpc) is 3.00. The molecule has 1 unspecified atom stereocenters. The average molecular weight is 567 g/mol. The van der Waals surface area contributed by atoms with Crippen LogP contribution >= 0.6 is 11.6 Å². The van der Waals surface area contributed by atoms with Gasteiger partial charge in [0.15, 0.2) is 0 Å². The zero-order valence-electron chi connectivity index (χ0n) is 22.9. The Hall–Kier alpha value is -4.35. The molecule has 0 bridgehead atoms. The van der Waals surface area contributed by atoms with Gasteiger partial charge in [-0.05, 0) is 42.0 Å². The van der Waals surface area contributed by atoms with Crippen molar-refractivity contribution in [1.29, 1.82) is 5.26 Å². The summed E-state index contributed by atoms with van der Waals surface area (Å²) in [7, 11) is 0. The van der Waals surface area contributed by atoms with E-state index in [1.54, 1.807) is 4.90 Å². The van der Waals surface area contributed by atoms with Crippen molar-refractivity contribution < 1.29 is 9.53 Å². The van der Waals surface area contributed by atoms with E-state index in [2.05, 4.69) is 70.2 Å². The SMILES string of the molecule is CC1CN(C(=O)OCc2ccccc2)[C@H](CC#N)CN1c1nc(Cl)nc2c1CCN(c1cccc3ccccc13)C2. The molecule has 1 amide bonds. The number of nitrogens with zero attached hydrogens (tertiary/aromatic N) is 6. The highest BCUT2D eigenvalue weighted by Crippen LogP contribution is 2.35. The number of hydrogen-bond acceptors (Lipinski definition) is 7. The van der Waals surface area contributed by atoms with E-state index in [1.165, 1.54) is 16.5 Å². The summed E-state index contributed by atoms with van der Waals surface area (Å²) in [6, 6.07) is 26.2. The monoisotopic (exact) mass is 566 g/mol. The maximum absolute atomic E-state index is 13.1. The Morgan fingerprint density at radius 1 is 1.05 bits per heavy atom. The molecule has 0 saturated carbocycles. The fourth-order valence-corrected chi connectivity index (χ4v) is 6.13. The van der Waals surface area contributed by atoms with E-state index in [9.17, 15) is 10.1 Å². The van der Waals surface area contributed by atoms with Gasteiger partial charge in [0, 0.05) is 42.3 Å². The first-order chi connectivity index (χ1) is 20.0. The first-order valence-corrected chi connectivity index (χ1v) is 14.3. The third kappa shape index (κ3) is 5.50. The van der Waals surface area contributed by atoms with Crippen LogP contribution < -0.4 is 9.80 Å². The standard InChI is InChI=1S/C32H31ClN6O2/c1-22-18-39(32(40)41-21-23-8-3-2-4-9-23)25(14-16-34)19-38(22)30-27-15-17-37(20-28(27)35-31(33)36-30)29-13-7-11-24-10-5-6-12-26(24)29/h2-13,22,25H,14-15,17-21H2,1H3/t22?,25-/m1/s1. The second-order valence-electron chi connectivity index (χ2n) is 10.6. The van der Waals surface area contributed by atoms with E-state index in [4.69, 9.17) is 21.3 Å². The number of amides is 1. The number of ether oxygens (including phenoxy) is 1. The van der Waals surface area contributed by atoms with Gasteiger partial charge in [0.2, 0.25) is 5.28 Å². The van der Waals surface area contributed by atoms with Crippen molar-refractivity contribution in [3.63, 3.8) is 0 Å². The number of hydrogen-bond donors (Lipinski definition) is 0. The van der Waals surface area contributed by atoms with Crippen LogP contribution in [0.1, 0.15) is 30.2 Å². The molecule has 2 aliphatic rings. The highest BCUT2D eigenvalue weighted by molar-refractivity contribution is 6.28. The highest BCUT2D eigenvalue weighted by Gasteiger charge is 2.38. The second kappa shape index (κ2) is 11.6. The maximum atomic E-state index is 13.1. The number of aromatic nitrogens is 2. The lowest BCUT2D eigenvalue weighted by Gasteiger charge is -2.45. The number of nitriles is 1. The van der Waals surface area contributed by atoms with Gasteiger partial charge in [0.05, 0.1) is 30.8 Å². The van der Waals surface area contributed by atoms with Crippen LogP contribution in [0.25, 0.3) is 10.8 Å². The smallest absolute Gasteiger partial charge is 0.410 e. The number of fused-ring (bicyclic) bond motifs is 2. The summed E-state index contributed by atoms with van der Waals surface area (Å²) in [5.41, 5.74) is 4.08. The quantitative estimate of drug-likeness (QED) is 0.275. The summed E-state index contributed by atoms with van der Waals surface area (Å²) >= 11 is 6.51. The third-order valence-electron chi connectivity index (χ3n) is 8.00. The summed E-state index contributed by atoms with van der Waals surface area (Å²) in [6.45, 7) is 4.57. The van der Waals surface area contributed by atoms with Crippen LogP contribution in [-0.4, -0.2) is 52.7 Å². The summed E-state index contributed by atoms with van der Waals surface area (Å²) in [5.74, 6) is 0.797. The van der Waals surface area contributed by atoms with Gasteiger partial charge in [-0.2, -0.15) is 5.26 Å². The summed E-state index contributed by atoms with van der Waals surface area (Å²) < 4.78 is 5.63. The van der Waals surface area contributed by atoms with Crippen molar-refractivity contribution >= 4 is 40.0 Å². The number of carbonyl (C=O) groups excluding carboxylic acids is 1. The lowest BCUT2D eigenvalue weighted by molar-refractivity contribution is 0.0709. The minimum Gasteiger partial charge on any atom is -0.445 e. The molecule has 0 aliphatic carbocycles. The molecule has 9 heteroatoms. The highest BCUT2D eigenvalue weighted by atomic mass is 35.5. The fraction of sp³-hybridized carbons (Fsp3) is 0.312. The molecule has 2 aliphatic heterocycles. The van der Waals surface area contributed by atoms with Gasteiger partial charge in [0.25, 0.3) is 0 Å². The minimum absolute atomic E-state index is 0.0552. The van der Waals surface area contributed by atoms with Gasteiger partial charge in [-0.1, -0.05) is 66.7 Å². The number of piperazine rings is 1. The second-order valence-corrected chi connectivity index (χ2v) is 11.0. The Bertz CT molecular complexity index is 1600. The van der Waals surface area contributed by atoms with E-state index < -0.39 is 6.09 Å². The topological polar surface area (TPSA) is 85.6 Å². The lowest BCUT2D eigenvalue weighted by atomic mass is 10.00. The van der Waals surface area contributed by atoms with Crippen LogP contribution in [-0.2, 0) is 24.3 Å². The Kier molecular flexibility index (Phi) is 7.62. The maximum Gasteiger partial charge on any atom is 0.410 e. The van der Waals surface area contributed by atoms with Gasteiger partial charge in [-0.15, -0.1) is 0 Å². The summed E-state index contributed by atoms with van der Waals surface area (Å²) in [6.07, 6.45) is 0.550. The molecule has 8 nitrogen and oxygen atoms in total. The Morgan fingerprint density at radius 3 is 2.66 bits per heavy atom. The molecule has 6 rings (SSSR count). The predicted octanol–water partition coefficient (Wildman–Crippen LogP) is 5.98. The first kappa shape index (κ1) is 26.9. The van der Waals surface area contributed by atoms with Crippen LogP contribution in [0.5, 0.6) is 0 Å². The van der Waals surface area contributed by atoms with Crippen molar-refractivity contribution in [3.8, 4) is 6.07 Å². The van der Waals surface area contributed by atoms with Crippen molar-refractivity contribution in [2.45, 2.75) is 45.0 Å². The summed E-state index contributed by atoms with van der Waals surface area (Å²) in [5, 5.41) is 12.2. The van der Waals surface area contributed by atoms with E-state index in [0.29, 0.717) is 19.6 Å². The molecule has 1 fully saturated rings. The molecule has 0 radical (unpaired) electrons. The molecule has 3 heterocycles. The third-order valence-corrected chi connectivity index (χ3v) is 8.17. The number of halogens is 1. The van der Waals surface area contributed by atoms with E-state index in [-0.39, 0.29) is 30.4 Å². The molecular formula is C32H31ClN6O2. The minimum atomic E-state index is -0.408. The van der Waals surface area contributed by atoms with Crippen LogP contribution in [0.3, 0.4) is 0 Å². The number of benzene rings is 3. The zero-order valence-corrected chi connectivity index (χ0v) is 23.7. The molecule has 3 aromatic carbocycles. The van der Waals surface area contributed by atoms with Gasteiger partial charge in [0.1, 0.15) is 12.4 Å². The van der Waals surface area contributed by atoms with E-state index in [0.717, 1.165) is 35.6 Å². The normalized spacial score (nSPS) is 18.6. The fourth-order valence-electron chi connectivity index (χ4n) is 5.95. The Labute approximate surface area is 244 Å². The van der Waals surface area contributed by atoms with E-state index in [1.807, 2.05) is 30.3 Å². The van der Waals surface area contributed by atoms with Crippen LogP contribution in [0.2, 0.25) is 5.28 Å².